The Kier molecular flexibility index (Phi) is 3.25. The molecule has 1 fully saturated rings. The Bertz CT molecular complexity index is 216. The third-order valence-corrected chi connectivity index (χ3v) is 2.21. The summed E-state index contributed by atoms with van der Waals surface area (Å²) >= 11 is 0. The lowest BCUT2D eigenvalue weighted by Crippen LogP contribution is -2.38. The number of likely N-dealkylation sites (tertiary alicyclic amines) is 1. The number of nitrogens with zero attached hydrogens (tertiary/aromatic N) is 1. The first-order valence-corrected chi connectivity index (χ1v) is 4.27. The Balaban J connectivity index is 2.50. The van der Waals surface area contributed by atoms with E-state index in [4.69, 9.17) is 10.2 Å². The van der Waals surface area contributed by atoms with Gasteiger partial charge in [-0.1, -0.05) is 0 Å². The molecule has 1 heterocycles. The summed E-state index contributed by atoms with van der Waals surface area (Å²) < 4.78 is 0. The molecule has 1 saturated heterocycles. The average Bonchev–Trinajstić information content (AvgIpc) is 2.49. The molecule has 0 bridgehead atoms. The molecule has 13 heavy (non-hydrogen) atoms. The predicted molar refractivity (Wildman–Crippen MR) is 44.1 cm³/mol. The molecule has 1 unspecified atom stereocenters. The number of carboxylic acids is 1. The van der Waals surface area contributed by atoms with Crippen molar-refractivity contribution in [1.82, 2.24) is 4.90 Å². The van der Waals surface area contributed by atoms with Gasteiger partial charge in [-0.2, -0.15) is 0 Å². The molecule has 5 nitrogen and oxygen atoms in total. The lowest BCUT2D eigenvalue weighted by molar-refractivity contribution is -0.144. The largest absolute Gasteiger partial charge is 0.481 e. The van der Waals surface area contributed by atoms with E-state index in [1.165, 1.54) is 4.90 Å². The zero-order chi connectivity index (χ0) is 9.84. The molecule has 0 radical (unpaired) electrons. The molecule has 5 heteroatoms. The van der Waals surface area contributed by atoms with Crippen LogP contribution >= 0.6 is 0 Å². The molecule has 0 saturated carbocycles. The molecule has 1 aliphatic heterocycles. The second-order valence-electron chi connectivity index (χ2n) is 3.14. The topological polar surface area (TPSA) is 77.8 Å². The summed E-state index contributed by atoms with van der Waals surface area (Å²) in [4.78, 5) is 23.0. The van der Waals surface area contributed by atoms with Crippen LogP contribution < -0.4 is 0 Å². The number of hydrogen-bond acceptors (Lipinski definition) is 3. The Morgan fingerprint density at radius 3 is 2.69 bits per heavy atom. The molecule has 74 valence electrons. The lowest BCUT2D eigenvalue weighted by atomic mass is 10.2. The van der Waals surface area contributed by atoms with Crippen molar-refractivity contribution in [2.24, 2.45) is 0 Å². The van der Waals surface area contributed by atoms with Crippen LogP contribution in [0.15, 0.2) is 0 Å². The van der Waals surface area contributed by atoms with Gasteiger partial charge in [0.1, 0.15) is 6.42 Å². The summed E-state index contributed by atoms with van der Waals surface area (Å²) in [5.74, 6) is -1.52. The van der Waals surface area contributed by atoms with Gasteiger partial charge in [-0.3, -0.25) is 9.59 Å². The van der Waals surface area contributed by atoms with Crippen LogP contribution in [-0.2, 0) is 9.59 Å². The van der Waals surface area contributed by atoms with Crippen molar-refractivity contribution in [3.63, 3.8) is 0 Å². The molecule has 0 aromatic carbocycles. The molecule has 2 N–H and O–H groups in total. The highest BCUT2D eigenvalue weighted by molar-refractivity contribution is 5.93. The number of hydrogen-bond donors (Lipinski definition) is 2. The van der Waals surface area contributed by atoms with Crippen LogP contribution in [0.1, 0.15) is 19.3 Å². The summed E-state index contributed by atoms with van der Waals surface area (Å²) in [5, 5.41) is 17.3. The Morgan fingerprint density at radius 2 is 2.15 bits per heavy atom. The Hall–Kier alpha value is -1.10. The molecule has 0 aliphatic carbocycles. The van der Waals surface area contributed by atoms with E-state index >= 15 is 0 Å². The van der Waals surface area contributed by atoms with Crippen molar-refractivity contribution >= 4 is 11.9 Å². The van der Waals surface area contributed by atoms with Crippen LogP contribution in [-0.4, -0.2) is 46.2 Å². The van der Waals surface area contributed by atoms with Crippen molar-refractivity contribution in [3.8, 4) is 0 Å². The number of carbonyl (C=O) groups is 2. The number of aliphatic carboxylic acids is 1. The fraction of sp³-hybridized carbons (Fsp3) is 0.750. The van der Waals surface area contributed by atoms with Crippen LogP contribution in [0.3, 0.4) is 0 Å². The minimum absolute atomic E-state index is 0.0780. The first-order valence-electron chi connectivity index (χ1n) is 4.27. The van der Waals surface area contributed by atoms with Crippen LogP contribution in [0.25, 0.3) is 0 Å². The van der Waals surface area contributed by atoms with Gasteiger partial charge in [-0.05, 0) is 12.8 Å². The van der Waals surface area contributed by atoms with Gasteiger partial charge in [0, 0.05) is 6.54 Å². The van der Waals surface area contributed by atoms with E-state index < -0.39 is 18.3 Å². The zero-order valence-corrected chi connectivity index (χ0v) is 7.27. The van der Waals surface area contributed by atoms with E-state index in [0.29, 0.717) is 6.54 Å². The zero-order valence-electron chi connectivity index (χ0n) is 7.27. The van der Waals surface area contributed by atoms with Crippen molar-refractivity contribution < 1.29 is 19.8 Å². The second-order valence-corrected chi connectivity index (χ2v) is 3.14. The molecule has 0 aromatic rings. The fourth-order valence-electron chi connectivity index (χ4n) is 1.58. The predicted octanol–water partition coefficient (Wildman–Crippen LogP) is -0.556. The summed E-state index contributed by atoms with van der Waals surface area (Å²) in [6.07, 6.45) is 1.13. The minimum Gasteiger partial charge on any atom is -0.481 e. The normalized spacial score (nSPS) is 21.9. The van der Waals surface area contributed by atoms with Gasteiger partial charge < -0.3 is 15.1 Å². The quantitative estimate of drug-likeness (QED) is 0.581. The first-order chi connectivity index (χ1) is 6.15. The SMILES string of the molecule is O=C(O)CC(=O)N1CCCC1CO. The fourth-order valence-corrected chi connectivity index (χ4v) is 1.58. The van der Waals surface area contributed by atoms with E-state index in [9.17, 15) is 9.59 Å². The smallest absolute Gasteiger partial charge is 0.312 e. The van der Waals surface area contributed by atoms with Gasteiger partial charge in [0.05, 0.1) is 12.6 Å². The van der Waals surface area contributed by atoms with Crippen LogP contribution in [0.5, 0.6) is 0 Å². The molecule has 1 amide bonds. The summed E-state index contributed by atoms with van der Waals surface area (Å²) in [6, 6.07) is -0.174. The highest BCUT2D eigenvalue weighted by Gasteiger charge is 2.28. The third-order valence-electron chi connectivity index (χ3n) is 2.21. The standard InChI is InChI=1S/C8H13NO4/c10-5-6-2-1-3-9(6)7(11)4-8(12)13/h6,10H,1-5H2,(H,12,13). The number of carbonyl (C=O) groups excluding carboxylic acids is 1. The van der Waals surface area contributed by atoms with Gasteiger partial charge in [-0.25, -0.2) is 0 Å². The monoisotopic (exact) mass is 187 g/mol. The molecule has 1 rings (SSSR count). The lowest BCUT2D eigenvalue weighted by Gasteiger charge is -2.21. The number of carboxylic acid groups (broad SMARTS) is 1. The van der Waals surface area contributed by atoms with Crippen molar-refractivity contribution in [2.45, 2.75) is 25.3 Å². The van der Waals surface area contributed by atoms with Crippen molar-refractivity contribution in [1.29, 1.82) is 0 Å². The molecular weight excluding hydrogens is 174 g/mol. The van der Waals surface area contributed by atoms with E-state index in [-0.39, 0.29) is 12.6 Å². The van der Waals surface area contributed by atoms with E-state index in [2.05, 4.69) is 0 Å². The summed E-state index contributed by atoms with van der Waals surface area (Å²) in [6.45, 7) is 0.489. The molecule has 0 spiro atoms. The highest BCUT2D eigenvalue weighted by atomic mass is 16.4. The third kappa shape index (κ3) is 2.42. The van der Waals surface area contributed by atoms with Gasteiger partial charge in [0.2, 0.25) is 5.91 Å². The van der Waals surface area contributed by atoms with Crippen LogP contribution in [0.2, 0.25) is 0 Å². The number of aliphatic hydroxyl groups excluding tert-OH is 1. The molecule has 0 aromatic heterocycles. The van der Waals surface area contributed by atoms with Gasteiger partial charge >= 0.3 is 5.97 Å². The maximum atomic E-state index is 11.3. The van der Waals surface area contributed by atoms with Crippen molar-refractivity contribution in [3.05, 3.63) is 0 Å². The number of amides is 1. The highest BCUT2D eigenvalue weighted by Crippen LogP contribution is 2.17. The first kappa shape index (κ1) is 9.98. The number of aliphatic hydroxyl groups is 1. The van der Waals surface area contributed by atoms with Gasteiger partial charge in [-0.15, -0.1) is 0 Å². The second kappa shape index (κ2) is 4.23. The molecule has 1 aliphatic rings. The van der Waals surface area contributed by atoms with E-state index in [1.54, 1.807) is 0 Å². The number of rotatable bonds is 3. The maximum absolute atomic E-state index is 11.3. The van der Waals surface area contributed by atoms with Crippen LogP contribution in [0.4, 0.5) is 0 Å². The average molecular weight is 187 g/mol. The van der Waals surface area contributed by atoms with Gasteiger partial charge in [0.25, 0.3) is 0 Å². The molecular formula is C8H13NO4. The minimum atomic E-state index is -1.12. The summed E-state index contributed by atoms with van der Waals surface area (Å²) in [7, 11) is 0. The Labute approximate surface area is 76.0 Å². The van der Waals surface area contributed by atoms with E-state index in [0.717, 1.165) is 12.8 Å². The molecule has 1 atom stereocenters. The Morgan fingerprint density at radius 1 is 1.46 bits per heavy atom. The van der Waals surface area contributed by atoms with Crippen molar-refractivity contribution in [2.75, 3.05) is 13.2 Å². The van der Waals surface area contributed by atoms with Gasteiger partial charge in [0.15, 0.2) is 0 Å². The van der Waals surface area contributed by atoms with E-state index in [1.807, 2.05) is 0 Å². The maximum Gasteiger partial charge on any atom is 0.312 e. The summed E-state index contributed by atoms with van der Waals surface area (Å²) in [5.41, 5.74) is 0. The van der Waals surface area contributed by atoms with Crippen LogP contribution in [0, 0.1) is 0 Å².